The first-order valence-corrected chi connectivity index (χ1v) is 8.92. The van der Waals surface area contributed by atoms with Gasteiger partial charge in [-0.2, -0.15) is 5.26 Å². The Labute approximate surface area is 150 Å². The standard InChI is InChI=1S/C19H20FN3.C2H6/c20-18-5-7-19(8-6-18)23-13-11-22(12-14-23)15-17-3-1-16(2-4-17)9-10-21;1-2/h1-8H,9,11-15H2;1-2H3. The molecule has 1 fully saturated rings. The smallest absolute Gasteiger partial charge is 0.123 e. The predicted octanol–water partition coefficient (Wildman–Crippen LogP) is 4.24. The molecule has 0 spiro atoms. The van der Waals surface area contributed by atoms with Crippen LogP contribution in [0.4, 0.5) is 10.1 Å². The van der Waals surface area contributed by atoms with Gasteiger partial charge in [0.15, 0.2) is 0 Å². The maximum absolute atomic E-state index is 13.0. The lowest BCUT2D eigenvalue weighted by Crippen LogP contribution is -2.45. The number of halogens is 1. The van der Waals surface area contributed by atoms with E-state index in [1.165, 1.54) is 17.7 Å². The average Bonchev–Trinajstić information content (AvgIpc) is 2.67. The summed E-state index contributed by atoms with van der Waals surface area (Å²) < 4.78 is 13.0. The quantitative estimate of drug-likeness (QED) is 0.834. The maximum atomic E-state index is 13.0. The maximum Gasteiger partial charge on any atom is 0.123 e. The first-order chi connectivity index (χ1) is 12.2. The highest BCUT2D eigenvalue weighted by Crippen LogP contribution is 2.18. The molecule has 4 heteroatoms. The van der Waals surface area contributed by atoms with E-state index in [0.29, 0.717) is 6.42 Å². The third kappa shape index (κ3) is 5.58. The lowest BCUT2D eigenvalue weighted by molar-refractivity contribution is 0.250. The molecule has 132 valence electrons. The Morgan fingerprint density at radius 1 is 0.880 bits per heavy atom. The van der Waals surface area contributed by atoms with Crippen molar-refractivity contribution in [3.8, 4) is 6.07 Å². The van der Waals surface area contributed by atoms with E-state index in [-0.39, 0.29) is 5.82 Å². The number of nitrogens with zero attached hydrogens (tertiary/aromatic N) is 3. The highest BCUT2D eigenvalue weighted by atomic mass is 19.1. The predicted molar refractivity (Wildman–Crippen MR) is 101 cm³/mol. The van der Waals surface area contributed by atoms with Crippen molar-refractivity contribution in [3.63, 3.8) is 0 Å². The summed E-state index contributed by atoms with van der Waals surface area (Å²) in [6.07, 6.45) is 0.469. The minimum atomic E-state index is -0.188. The number of hydrogen-bond donors (Lipinski definition) is 0. The topological polar surface area (TPSA) is 30.3 Å². The molecule has 0 aliphatic carbocycles. The third-order valence-electron chi connectivity index (χ3n) is 4.28. The number of anilines is 1. The summed E-state index contributed by atoms with van der Waals surface area (Å²) in [7, 11) is 0. The van der Waals surface area contributed by atoms with E-state index in [9.17, 15) is 4.39 Å². The minimum Gasteiger partial charge on any atom is -0.369 e. The molecule has 0 saturated carbocycles. The summed E-state index contributed by atoms with van der Waals surface area (Å²) in [5.41, 5.74) is 3.44. The van der Waals surface area contributed by atoms with Gasteiger partial charge in [0.1, 0.15) is 5.82 Å². The monoisotopic (exact) mass is 339 g/mol. The average molecular weight is 339 g/mol. The molecule has 0 atom stereocenters. The van der Waals surface area contributed by atoms with Crippen LogP contribution in [0.1, 0.15) is 25.0 Å². The molecular formula is C21H26FN3. The summed E-state index contributed by atoms with van der Waals surface area (Å²) in [6, 6.07) is 17.2. The second-order valence-electron chi connectivity index (χ2n) is 5.89. The van der Waals surface area contributed by atoms with Gasteiger partial charge in [-0.25, -0.2) is 4.39 Å². The van der Waals surface area contributed by atoms with Gasteiger partial charge >= 0.3 is 0 Å². The molecule has 1 aliphatic heterocycles. The van der Waals surface area contributed by atoms with E-state index >= 15 is 0 Å². The Kier molecular flexibility index (Phi) is 7.43. The third-order valence-corrected chi connectivity index (χ3v) is 4.28. The fraction of sp³-hybridized carbons (Fsp3) is 0.381. The van der Waals surface area contributed by atoms with Crippen molar-refractivity contribution in [1.29, 1.82) is 5.26 Å². The number of rotatable bonds is 4. The van der Waals surface area contributed by atoms with E-state index < -0.39 is 0 Å². The zero-order chi connectivity index (χ0) is 18.1. The van der Waals surface area contributed by atoms with Crippen molar-refractivity contribution in [2.75, 3.05) is 31.1 Å². The van der Waals surface area contributed by atoms with Gasteiger partial charge in [0.25, 0.3) is 0 Å². The van der Waals surface area contributed by atoms with Crippen LogP contribution in [0.5, 0.6) is 0 Å². The molecule has 3 nitrogen and oxygen atoms in total. The summed E-state index contributed by atoms with van der Waals surface area (Å²) in [4.78, 5) is 4.73. The first-order valence-electron chi connectivity index (χ1n) is 8.92. The van der Waals surface area contributed by atoms with Crippen LogP contribution < -0.4 is 4.90 Å². The SMILES string of the molecule is CC.N#CCc1ccc(CN2CCN(c3ccc(F)cc3)CC2)cc1. The van der Waals surface area contributed by atoms with Gasteiger partial charge in [-0.3, -0.25) is 4.90 Å². The van der Waals surface area contributed by atoms with Gasteiger partial charge < -0.3 is 4.90 Å². The highest BCUT2D eigenvalue weighted by molar-refractivity contribution is 5.46. The lowest BCUT2D eigenvalue weighted by Gasteiger charge is -2.36. The Morgan fingerprint density at radius 3 is 2.00 bits per heavy atom. The zero-order valence-electron chi connectivity index (χ0n) is 15.1. The van der Waals surface area contributed by atoms with Crippen LogP contribution in [0.3, 0.4) is 0 Å². The van der Waals surface area contributed by atoms with Crippen molar-refractivity contribution < 1.29 is 4.39 Å². The Balaban J connectivity index is 0.00000109. The second-order valence-corrected chi connectivity index (χ2v) is 5.89. The molecule has 1 saturated heterocycles. The van der Waals surface area contributed by atoms with Crippen LogP contribution in [-0.4, -0.2) is 31.1 Å². The molecule has 0 bridgehead atoms. The first kappa shape index (κ1) is 19.0. The minimum absolute atomic E-state index is 0.188. The van der Waals surface area contributed by atoms with Crippen LogP contribution in [0, 0.1) is 17.1 Å². The Morgan fingerprint density at radius 2 is 1.44 bits per heavy atom. The summed E-state index contributed by atoms with van der Waals surface area (Å²) in [6.45, 7) is 8.84. The normalized spacial score (nSPS) is 14.4. The lowest BCUT2D eigenvalue weighted by atomic mass is 10.1. The van der Waals surface area contributed by atoms with Crippen LogP contribution in [-0.2, 0) is 13.0 Å². The van der Waals surface area contributed by atoms with Gasteiger partial charge in [0.05, 0.1) is 12.5 Å². The highest BCUT2D eigenvalue weighted by Gasteiger charge is 2.17. The number of nitriles is 1. The van der Waals surface area contributed by atoms with Gasteiger partial charge in [0.2, 0.25) is 0 Å². The fourth-order valence-electron chi connectivity index (χ4n) is 2.93. The molecule has 1 heterocycles. The molecule has 25 heavy (non-hydrogen) atoms. The zero-order valence-corrected chi connectivity index (χ0v) is 15.1. The molecule has 2 aromatic carbocycles. The van der Waals surface area contributed by atoms with Crippen molar-refractivity contribution in [2.24, 2.45) is 0 Å². The molecular weight excluding hydrogens is 313 g/mol. The van der Waals surface area contributed by atoms with Gasteiger partial charge in [-0.15, -0.1) is 0 Å². The molecule has 0 N–H and O–H groups in total. The number of benzene rings is 2. The molecule has 0 radical (unpaired) electrons. The summed E-state index contributed by atoms with van der Waals surface area (Å²) in [5, 5.41) is 8.70. The largest absolute Gasteiger partial charge is 0.369 e. The van der Waals surface area contributed by atoms with E-state index in [0.717, 1.165) is 44.0 Å². The van der Waals surface area contributed by atoms with Crippen LogP contribution in [0.2, 0.25) is 0 Å². The number of hydrogen-bond acceptors (Lipinski definition) is 3. The van der Waals surface area contributed by atoms with Crippen LogP contribution in [0.25, 0.3) is 0 Å². The fourth-order valence-corrected chi connectivity index (χ4v) is 2.93. The van der Waals surface area contributed by atoms with Crippen molar-refractivity contribution in [2.45, 2.75) is 26.8 Å². The number of piperazine rings is 1. The van der Waals surface area contributed by atoms with E-state index in [1.807, 2.05) is 38.1 Å². The van der Waals surface area contributed by atoms with E-state index in [2.05, 4.69) is 28.0 Å². The summed E-state index contributed by atoms with van der Waals surface area (Å²) >= 11 is 0. The summed E-state index contributed by atoms with van der Waals surface area (Å²) in [5.74, 6) is -0.188. The van der Waals surface area contributed by atoms with Crippen molar-refractivity contribution in [3.05, 3.63) is 65.5 Å². The second kappa shape index (κ2) is 9.80. The van der Waals surface area contributed by atoms with E-state index in [1.54, 1.807) is 0 Å². The molecule has 2 aromatic rings. The molecule has 0 aromatic heterocycles. The van der Waals surface area contributed by atoms with Gasteiger partial charge in [-0.05, 0) is 35.4 Å². The Bertz CT molecular complexity index is 666. The van der Waals surface area contributed by atoms with E-state index in [4.69, 9.17) is 5.26 Å². The van der Waals surface area contributed by atoms with Crippen molar-refractivity contribution in [1.82, 2.24) is 4.90 Å². The van der Waals surface area contributed by atoms with Gasteiger partial charge in [0, 0.05) is 38.4 Å². The molecule has 0 amide bonds. The van der Waals surface area contributed by atoms with Crippen LogP contribution >= 0.6 is 0 Å². The van der Waals surface area contributed by atoms with Crippen LogP contribution in [0.15, 0.2) is 48.5 Å². The Hall–Kier alpha value is -2.38. The molecule has 1 aliphatic rings. The molecule has 3 rings (SSSR count). The van der Waals surface area contributed by atoms with Gasteiger partial charge in [-0.1, -0.05) is 38.1 Å². The van der Waals surface area contributed by atoms with Crippen molar-refractivity contribution >= 4 is 5.69 Å². The molecule has 0 unspecified atom stereocenters.